The van der Waals surface area contributed by atoms with Gasteiger partial charge in [-0.15, -0.1) is 0 Å². The summed E-state index contributed by atoms with van der Waals surface area (Å²) in [4.78, 5) is 9.24. The Hall–Kier alpha value is -3.36. The zero-order valence-electron chi connectivity index (χ0n) is 23.4. The Bertz CT molecular complexity index is 1380. The molecule has 0 fully saturated rings. The van der Waals surface area contributed by atoms with Gasteiger partial charge in [0.2, 0.25) is 0 Å². The van der Waals surface area contributed by atoms with E-state index in [-0.39, 0.29) is 11.4 Å². The molecule has 0 saturated heterocycles. The predicted molar refractivity (Wildman–Crippen MR) is 151 cm³/mol. The lowest BCUT2D eigenvalue weighted by molar-refractivity contribution is -0.266. The van der Waals surface area contributed by atoms with Gasteiger partial charge in [-0.25, -0.2) is 0 Å². The molecule has 2 aromatic carbocycles. The Morgan fingerprint density at radius 2 is 1.59 bits per heavy atom. The minimum absolute atomic E-state index is 0.110. The summed E-state index contributed by atoms with van der Waals surface area (Å²) in [6, 6.07) is 17.7. The smallest absolute Gasteiger partial charge is 0.417 e. The number of nitrogens with zero attached hydrogens (tertiary/aromatic N) is 2. The largest absolute Gasteiger partial charge is 0.508 e. The molecule has 0 aliphatic rings. The number of aliphatic hydroxyl groups is 1. The number of halogens is 3. The van der Waals surface area contributed by atoms with Gasteiger partial charge < -0.3 is 20.1 Å². The average molecular weight is 542 g/mol. The molecule has 0 saturated carbocycles. The minimum atomic E-state index is -4.89. The summed E-state index contributed by atoms with van der Waals surface area (Å²) >= 11 is 0. The van der Waals surface area contributed by atoms with E-state index in [1.54, 1.807) is 51.2 Å². The first kappa shape index (κ1) is 30.2. The van der Waals surface area contributed by atoms with Crippen molar-refractivity contribution in [3.05, 3.63) is 83.8 Å². The van der Waals surface area contributed by atoms with Crippen molar-refractivity contribution in [1.82, 2.24) is 14.9 Å². The Balaban J connectivity index is 0.000000771. The molecule has 0 bridgehead atoms. The van der Waals surface area contributed by atoms with Crippen LogP contribution in [0.4, 0.5) is 13.2 Å². The quantitative estimate of drug-likeness (QED) is 0.235. The molecule has 1 unspecified atom stereocenters. The summed E-state index contributed by atoms with van der Waals surface area (Å²) < 4.78 is 42.8. The molecule has 0 spiro atoms. The van der Waals surface area contributed by atoms with E-state index < -0.39 is 30.0 Å². The molecule has 8 heteroatoms. The Kier molecular flexibility index (Phi) is 9.13. The van der Waals surface area contributed by atoms with Crippen LogP contribution in [0.15, 0.2) is 66.9 Å². The molecule has 0 amide bonds. The van der Waals surface area contributed by atoms with Crippen molar-refractivity contribution in [2.24, 2.45) is 0 Å². The third kappa shape index (κ3) is 7.40. The number of aromatic hydroxyl groups is 1. The third-order valence-electron chi connectivity index (χ3n) is 6.91. The summed E-state index contributed by atoms with van der Waals surface area (Å²) in [6.07, 6.45) is -4.60. The third-order valence-corrected chi connectivity index (χ3v) is 6.91. The van der Waals surface area contributed by atoms with Crippen molar-refractivity contribution < 1.29 is 23.4 Å². The number of aromatic amines is 1. The molecule has 5 nitrogen and oxygen atoms in total. The van der Waals surface area contributed by atoms with Gasteiger partial charge in [-0.2, -0.15) is 13.2 Å². The fourth-order valence-corrected chi connectivity index (χ4v) is 4.59. The SMILES string of the molecule is CCN(C)C.Cc1cc2cc(CC(O)(CC(C)(C)c3cc(-c4ccccc4)ccc3O)C(F)(F)F)[nH]c2cn1. The number of pyridine rings is 1. The fraction of sp³-hybridized carbons (Fsp3) is 0.387. The lowest BCUT2D eigenvalue weighted by atomic mass is 9.72. The zero-order valence-corrected chi connectivity index (χ0v) is 23.4. The zero-order chi connectivity index (χ0) is 29.0. The number of hydrogen-bond donors (Lipinski definition) is 3. The van der Waals surface area contributed by atoms with Crippen LogP contribution >= 0.6 is 0 Å². The van der Waals surface area contributed by atoms with Gasteiger partial charge in [0.25, 0.3) is 0 Å². The average Bonchev–Trinajstić information content (AvgIpc) is 3.25. The van der Waals surface area contributed by atoms with Gasteiger partial charge in [0.1, 0.15) is 5.75 Å². The first-order valence-electron chi connectivity index (χ1n) is 12.9. The normalized spacial score (nSPS) is 13.7. The molecule has 4 aromatic rings. The summed E-state index contributed by atoms with van der Waals surface area (Å²) in [5.41, 5.74) is -0.591. The van der Waals surface area contributed by atoms with Gasteiger partial charge in [-0.3, -0.25) is 4.98 Å². The lowest BCUT2D eigenvalue weighted by Gasteiger charge is -2.38. The van der Waals surface area contributed by atoms with Crippen molar-refractivity contribution >= 4 is 10.9 Å². The molecule has 2 aromatic heterocycles. The number of nitrogens with one attached hydrogen (secondary N) is 1. The number of aryl methyl sites for hydroxylation is 1. The number of benzene rings is 2. The second-order valence-corrected chi connectivity index (χ2v) is 11.0. The van der Waals surface area contributed by atoms with Crippen LogP contribution in [0.3, 0.4) is 0 Å². The molecule has 3 N–H and O–H groups in total. The summed E-state index contributed by atoms with van der Waals surface area (Å²) in [5, 5.41) is 22.3. The summed E-state index contributed by atoms with van der Waals surface area (Å²) in [6.45, 7) is 8.27. The molecule has 0 aliphatic carbocycles. The number of phenols is 1. The van der Waals surface area contributed by atoms with Crippen LogP contribution in [0.2, 0.25) is 0 Å². The molecule has 0 radical (unpaired) electrons. The molecule has 210 valence electrons. The predicted octanol–water partition coefficient (Wildman–Crippen LogP) is 7.02. The van der Waals surface area contributed by atoms with E-state index in [4.69, 9.17) is 0 Å². The number of H-pyrrole nitrogens is 1. The Morgan fingerprint density at radius 3 is 2.18 bits per heavy atom. The first-order valence-corrected chi connectivity index (χ1v) is 12.9. The number of rotatable bonds is 7. The molecule has 4 rings (SSSR count). The summed E-state index contributed by atoms with van der Waals surface area (Å²) in [7, 11) is 4.11. The van der Waals surface area contributed by atoms with Crippen molar-refractivity contribution in [3.8, 4) is 16.9 Å². The monoisotopic (exact) mass is 541 g/mol. The van der Waals surface area contributed by atoms with E-state index in [1.165, 1.54) is 6.07 Å². The molecule has 2 heterocycles. The van der Waals surface area contributed by atoms with Crippen molar-refractivity contribution in [2.75, 3.05) is 20.6 Å². The van der Waals surface area contributed by atoms with Crippen LogP contribution in [-0.4, -0.2) is 57.5 Å². The molecular formula is C31H38F3N3O2. The van der Waals surface area contributed by atoms with Gasteiger partial charge >= 0.3 is 6.18 Å². The van der Waals surface area contributed by atoms with E-state index in [9.17, 15) is 23.4 Å². The van der Waals surface area contributed by atoms with E-state index in [2.05, 4.69) is 35.9 Å². The van der Waals surface area contributed by atoms with Crippen LogP contribution in [0.1, 0.15) is 44.1 Å². The maximum Gasteiger partial charge on any atom is 0.417 e. The van der Waals surface area contributed by atoms with Crippen LogP contribution < -0.4 is 0 Å². The van der Waals surface area contributed by atoms with Gasteiger partial charge in [0, 0.05) is 28.8 Å². The molecule has 1 atom stereocenters. The van der Waals surface area contributed by atoms with Gasteiger partial charge in [0.05, 0.1) is 11.7 Å². The van der Waals surface area contributed by atoms with Gasteiger partial charge in [-0.1, -0.05) is 57.2 Å². The first-order chi connectivity index (χ1) is 18.1. The van der Waals surface area contributed by atoms with Crippen molar-refractivity contribution in [2.45, 2.75) is 57.7 Å². The lowest BCUT2D eigenvalue weighted by Crippen LogP contribution is -2.50. The maximum absolute atomic E-state index is 14.3. The second-order valence-electron chi connectivity index (χ2n) is 11.0. The maximum atomic E-state index is 14.3. The van der Waals surface area contributed by atoms with Gasteiger partial charge in [-0.05, 0) is 74.8 Å². The highest BCUT2D eigenvalue weighted by atomic mass is 19.4. The highest BCUT2D eigenvalue weighted by Gasteiger charge is 2.56. The standard InChI is InChI=1S/C27H27F3N2O2.C4H11N/c1-17-11-20-12-21(32-23(20)15-31-17)14-26(34,27(28,29)30)16-25(2,3)22-13-19(9-10-24(22)33)18-7-5-4-6-8-18;1-4-5(2)3/h4-13,15,32-34H,14,16H2,1-3H3;4H2,1-3H3. The number of fused-ring (bicyclic) bond motifs is 1. The Morgan fingerprint density at radius 1 is 0.949 bits per heavy atom. The second kappa shape index (κ2) is 11.8. The van der Waals surface area contributed by atoms with E-state index in [0.29, 0.717) is 11.1 Å². The van der Waals surface area contributed by atoms with Crippen LogP contribution in [0.25, 0.3) is 22.0 Å². The minimum Gasteiger partial charge on any atom is -0.508 e. The molecule has 0 aliphatic heterocycles. The van der Waals surface area contributed by atoms with Crippen molar-refractivity contribution in [1.29, 1.82) is 0 Å². The highest BCUT2D eigenvalue weighted by molar-refractivity contribution is 5.79. The fourth-order valence-electron chi connectivity index (χ4n) is 4.59. The van der Waals surface area contributed by atoms with Crippen LogP contribution in [-0.2, 0) is 11.8 Å². The van der Waals surface area contributed by atoms with Crippen molar-refractivity contribution in [3.63, 3.8) is 0 Å². The van der Waals surface area contributed by atoms with Crippen LogP contribution in [0.5, 0.6) is 5.75 Å². The van der Waals surface area contributed by atoms with E-state index >= 15 is 0 Å². The highest BCUT2D eigenvalue weighted by Crippen LogP contribution is 2.45. The summed E-state index contributed by atoms with van der Waals surface area (Å²) in [5.74, 6) is -0.110. The number of hydrogen-bond acceptors (Lipinski definition) is 4. The van der Waals surface area contributed by atoms with E-state index in [0.717, 1.165) is 28.8 Å². The number of phenolic OH excluding ortho intramolecular Hbond substituents is 1. The van der Waals surface area contributed by atoms with Gasteiger partial charge in [0.15, 0.2) is 5.60 Å². The molecule has 39 heavy (non-hydrogen) atoms. The number of alkyl halides is 3. The topological polar surface area (TPSA) is 72.4 Å². The van der Waals surface area contributed by atoms with E-state index in [1.807, 2.05) is 30.3 Å². The van der Waals surface area contributed by atoms with Crippen LogP contribution in [0, 0.1) is 6.92 Å². The molecular weight excluding hydrogens is 503 g/mol. The Labute approximate surface area is 228 Å². The number of aromatic nitrogens is 2.